The zero-order valence-electron chi connectivity index (χ0n) is 13.4. The van der Waals surface area contributed by atoms with Crippen molar-refractivity contribution in [3.63, 3.8) is 0 Å². The molecule has 0 bridgehead atoms. The number of nitriles is 1. The van der Waals surface area contributed by atoms with Crippen LogP contribution >= 0.6 is 11.6 Å². The van der Waals surface area contributed by atoms with E-state index in [4.69, 9.17) is 11.6 Å². The molecule has 0 aliphatic carbocycles. The largest absolute Gasteiger partial charge is 0.280 e. The van der Waals surface area contributed by atoms with E-state index in [2.05, 4.69) is 16.2 Å². The van der Waals surface area contributed by atoms with Gasteiger partial charge in [0.2, 0.25) is 0 Å². The molecule has 0 fully saturated rings. The molecule has 2 aromatic heterocycles. The van der Waals surface area contributed by atoms with E-state index in [1.54, 1.807) is 60.8 Å². The van der Waals surface area contributed by atoms with Gasteiger partial charge in [-0.05, 0) is 48.5 Å². The lowest BCUT2D eigenvalue weighted by atomic mass is 10.1. The molecule has 2 heterocycles. The van der Waals surface area contributed by atoms with E-state index in [9.17, 15) is 10.1 Å². The van der Waals surface area contributed by atoms with Crippen LogP contribution in [0.15, 0.2) is 71.7 Å². The Morgan fingerprint density at radius 1 is 1.04 bits per heavy atom. The van der Waals surface area contributed by atoms with E-state index >= 15 is 0 Å². The van der Waals surface area contributed by atoms with Crippen LogP contribution in [0.25, 0.3) is 27.8 Å². The van der Waals surface area contributed by atoms with Crippen LogP contribution in [0.5, 0.6) is 0 Å². The molecule has 0 atom stereocenters. The van der Waals surface area contributed by atoms with Crippen molar-refractivity contribution in [3.8, 4) is 23.0 Å². The second kappa shape index (κ2) is 6.43. The van der Waals surface area contributed by atoms with Crippen LogP contribution in [0.2, 0.25) is 5.02 Å². The van der Waals surface area contributed by atoms with Crippen molar-refractivity contribution < 1.29 is 0 Å². The Labute approximate surface area is 153 Å². The molecule has 6 heteroatoms. The van der Waals surface area contributed by atoms with Crippen molar-refractivity contribution in [2.45, 2.75) is 0 Å². The average molecular weight is 359 g/mol. The van der Waals surface area contributed by atoms with Gasteiger partial charge >= 0.3 is 0 Å². The second-order valence-corrected chi connectivity index (χ2v) is 6.07. The van der Waals surface area contributed by atoms with Crippen LogP contribution in [0.4, 0.5) is 0 Å². The van der Waals surface area contributed by atoms with Crippen LogP contribution in [0, 0.1) is 11.3 Å². The molecular weight excluding hydrogens is 348 g/mol. The second-order valence-electron chi connectivity index (χ2n) is 5.63. The number of benzene rings is 2. The lowest BCUT2D eigenvalue weighted by Crippen LogP contribution is -2.22. The van der Waals surface area contributed by atoms with Crippen LogP contribution in [-0.4, -0.2) is 14.8 Å². The van der Waals surface area contributed by atoms with Gasteiger partial charge in [-0.3, -0.25) is 9.78 Å². The fourth-order valence-corrected chi connectivity index (χ4v) is 2.89. The minimum Gasteiger partial charge on any atom is -0.267 e. The number of rotatable bonds is 2. The molecule has 0 unspecified atom stereocenters. The first-order chi connectivity index (χ1) is 12.7. The lowest BCUT2D eigenvalue weighted by molar-refractivity contribution is 0.824. The molecule has 0 aliphatic rings. The third kappa shape index (κ3) is 2.73. The maximum Gasteiger partial charge on any atom is 0.280 e. The summed E-state index contributed by atoms with van der Waals surface area (Å²) in [4.78, 5) is 17.2. The van der Waals surface area contributed by atoms with Crippen LogP contribution in [-0.2, 0) is 0 Å². The van der Waals surface area contributed by atoms with Gasteiger partial charge in [0.05, 0.1) is 22.7 Å². The Hall–Kier alpha value is -3.49. The highest BCUT2D eigenvalue weighted by atomic mass is 35.5. The summed E-state index contributed by atoms with van der Waals surface area (Å²) in [5.41, 5.74) is 2.59. The van der Waals surface area contributed by atoms with E-state index in [-0.39, 0.29) is 5.56 Å². The van der Waals surface area contributed by atoms with Gasteiger partial charge in [-0.15, -0.1) is 0 Å². The minimum absolute atomic E-state index is 0.268. The molecule has 4 aromatic rings. The molecule has 26 heavy (non-hydrogen) atoms. The van der Waals surface area contributed by atoms with Gasteiger partial charge in [0, 0.05) is 16.8 Å². The van der Waals surface area contributed by atoms with E-state index in [1.165, 1.54) is 4.68 Å². The van der Waals surface area contributed by atoms with Gasteiger partial charge in [-0.2, -0.15) is 15.0 Å². The number of aromatic nitrogens is 3. The van der Waals surface area contributed by atoms with E-state index < -0.39 is 0 Å². The SMILES string of the molecule is N#Cc1cccc(-c2nn(-c3ccc(Cl)cc3)c(=O)c3cccnc23)c1. The molecule has 0 N–H and O–H groups in total. The van der Waals surface area contributed by atoms with E-state index in [1.807, 2.05) is 6.07 Å². The number of halogens is 1. The Morgan fingerprint density at radius 3 is 2.62 bits per heavy atom. The number of hydrogen-bond donors (Lipinski definition) is 0. The first-order valence-corrected chi connectivity index (χ1v) is 8.20. The number of pyridine rings is 1. The normalized spacial score (nSPS) is 10.6. The minimum atomic E-state index is -0.268. The first-order valence-electron chi connectivity index (χ1n) is 7.82. The molecule has 0 amide bonds. The zero-order chi connectivity index (χ0) is 18.1. The summed E-state index contributed by atoms with van der Waals surface area (Å²) < 4.78 is 1.33. The van der Waals surface area contributed by atoms with E-state index in [0.29, 0.717) is 32.9 Å². The summed E-state index contributed by atoms with van der Waals surface area (Å²) >= 11 is 5.95. The van der Waals surface area contributed by atoms with Gasteiger partial charge in [-0.1, -0.05) is 23.7 Å². The van der Waals surface area contributed by atoms with Crippen molar-refractivity contribution in [3.05, 3.63) is 87.8 Å². The summed E-state index contributed by atoms with van der Waals surface area (Å²) in [6.45, 7) is 0. The predicted octanol–water partition coefficient (Wildman–Crippen LogP) is 3.97. The molecule has 0 radical (unpaired) electrons. The summed E-state index contributed by atoms with van der Waals surface area (Å²) in [5.74, 6) is 0. The lowest BCUT2D eigenvalue weighted by Gasteiger charge is -2.11. The molecule has 0 saturated heterocycles. The Morgan fingerprint density at radius 2 is 1.85 bits per heavy atom. The van der Waals surface area contributed by atoms with Gasteiger partial charge in [0.25, 0.3) is 5.56 Å². The summed E-state index contributed by atoms with van der Waals surface area (Å²) in [6, 6.07) is 19.5. The topological polar surface area (TPSA) is 71.6 Å². The molecule has 2 aromatic carbocycles. The quantitative estimate of drug-likeness (QED) is 0.543. The van der Waals surface area contributed by atoms with Gasteiger partial charge < -0.3 is 0 Å². The highest BCUT2D eigenvalue weighted by molar-refractivity contribution is 6.30. The molecular formula is C20H11ClN4O. The standard InChI is InChI=1S/C20H11ClN4O/c21-15-6-8-16(9-7-15)25-20(26)17-5-2-10-23-19(17)18(24-25)14-4-1-3-13(11-14)12-22/h1-11H. The third-order valence-corrected chi connectivity index (χ3v) is 4.24. The maximum atomic E-state index is 12.9. The van der Waals surface area contributed by atoms with E-state index in [0.717, 1.165) is 5.56 Å². The fourth-order valence-electron chi connectivity index (χ4n) is 2.76. The van der Waals surface area contributed by atoms with Crippen molar-refractivity contribution in [1.82, 2.24) is 14.8 Å². The molecule has 4 rings (SSSR count). The third-order valence-electron chi connectivity index (χ3n) is 3.99. The molecule has 0 aliphatic heterocycles. The molecule has 0 saturated carbocycles. The van der Waals surface area contributed by atoms with Crippen molar-refractivity contribution in [2.24, 2.45) is 0 Å². The highest BCUT2D eigenvalue weighted by Gasteiger charge is 2.14. The number of nitrogens with zero attached hydrogens (tertiary/aromatic N) is 4. The molecule has 124 valence electrons. The molecule has 5 nitrogen and oxygen atoms in total. The number of fused-ring (bicyclic) bond motifs is 1. The first kappa shape index (κ1) is 16.0. The summed E-state index contributed by atoms with van der Waals surface area (Å²) in [7, 11) is 0. The highest BCUT2D eigenvalue weighted by Crippen LogP contribution is 2.24. The van der Waals surface area contributed by atoms with Crippen LogP contribution in [0.3, 0.4) is 0 Å². The van der Waals surface area contributed by atoms with Crippen molar-refractivity contribution in [1.29, 1.82) is 5.26 Å². The summed E-state index contributed by atoms with van der Waals surface area (Å²) in [6.07, 6.45) is 1.62. The monoisotopic (exact) mass is 358 g/mol. The maximum absolute atomic E-state index is 12.9. The van der Waals surface area contributed by atoms with Crippen LogP contribution in [0.1, 0.15) is 5.56 Å². The summed E-state index contributed by atoms with van der Waals surface area (Å²) in [5, 5.41) is 14.7. The number of hydrogen-bond acceptors (Lipinski definition) is 4. The Balaban J connectivity index is 2.06. The predicted molar refractivity (Wildman–Crippen MR) is 100 cm³/mol. The van der Waals surface area contributed by atoms with Crippen LogP contribution < -0.4 is 5.56 Å². The smallest absolute Gasteiger partial charge is 0.267 e. The average Bonchev–Trinajstić information content (AvgIpc) is 2.69. The zero-order valence-corrected chi connectivity index (χ0v) is 14.2. The fraction of sp³-hybridized carbons (Fsp3) is 0. The van der Waals surface area contributed by atoms with Gasteiger partial charge in [0.1, 0.15) is 11.2 Å². The van der Waals surface area contributed by atoms with Gasteiger partial charge in [0.15, 0.2) is 0 Å². The van der Waals surface area contributed by atoms with Gasteiger partial charge in [-0.25, -0.2) is 0 Å². The van der Waals surface area contributed by atoms with Crippen molar-refractivity contribution in [2.75, 3.05) is 0 Å². The Bertz CT molecular complexity index is 1220. The molecule has 0 spiro atoms. The Kier molecular flexibility index (Phi) is 3.96. The van der Waals surface area contributed by atoms with Crippen molar-refractivity contribution >= 4 is 22.5 Å².